The van der Waals surface area contributed by atoms with Gasteiger partial charge >= 0.3 is 14.7 Å². The third kappa shape index (κ3) is 5.96. The number of hydrogen-bond donors (Lipinski definition) is 0. The van der Waals surface area contributed by atoms with Crippen LogP contribution in [0.3, 0.4) is 0 Å². The van der Waals surface area contributed by atoms with Crippen molar-refractivity contribution in [2.45, 2.75) is 32.5 Å². The Morgan fingerprint density at radius 2 is 1.87 bits per heavy atom. The summed E-state index contributed by atoms with van der Waals surface area (Å²) in [6, 6.07) is 0.500. The summed E-state index contributed by atoms with van der Waals surface area (Å²) in [5.41, 5.74) is 1.42. The van der Waals surface area contributed by atoms with E-state index in [1.807, 2.05) is 6.92 Å². The molecule has 0 aliphatic rings. The second-order valence-corrected chi connectivity index (χ2v) is 6.21. The van der Waals surface area contributed by atoms with Gasteiger partial charge in [-0.1, -0.05) is 13.3 Å². The van der Waals surface area contributed by atoms with Crippen LogP contribution in [0.1, 0.15) is 20.3 Å². The fourth-order valence-electron chi connectivity index (χ4n) is 1.20. The lowest BCUT2D eigenvalue weighted by atomic mass is 10.6. The number of alkyl halides is 3. The fourth-order valence-corrected chi connectivity index (χ4v) is 3.61. The van der Waals surface area contributed by atoms with E-state index in [4.69, 9.17) is 8.85 Å². The first kappa shape index (κ1) is 14.7. The molecule has 15 heavy (non-hydrogen) atoms. The van der Waals surface area contributed by atoms with E-state index in [0.29, 0.717) is 12.7 Å². The average Bonchev–Trinajstić information content (AvgIpc) is 2.14. The molecule has 0 aromatic heterocycles. The molecule has 0 radical (unpaired) electrons. The highest BCUT2D eigenvalue weighted by atomic mass is 28.4. The number of halogens is 3. The van der Waals surface area contributed by atoms with Gasteiger partial charge in [0.25, 0.3) is 0 Å². The molecule has 0 aliphatic heterocycles. The van der Waals surface area contributed by atoms with Crippen LogP contribution in [0.15, 0.2) is 12.3 Å². The summed E-state index contributed by atoms with van der Waals surface area (Å²) >= 11 is 0. The van der Waals surface area contributed by atoms with Crippen molar-refractivity contribution >= 4 is 8.56 Å². The summed E-state index contributed by atoms with van der Waals surface area (Å²) in [6.07, 6.45) is -3.60. The summed E-state index contributed by atoms with van der Waals surface area (Å²) < 4.78 is 46.2. The van der Waals surface area contributed by atoms with Crippen LogP contribution >= 0.6 is 0 Å². The molecule has 0 aliphatic carbocycles. The first-order valence-corrected chi connectivity index (χ1v) is 6.97. The Kier molecular flexibility index (Phi) is 6.15. The number of hydrogen-bond acceptors (Lipinski definition) is 2. The minimum Gasteiger partial charge on any atom is -0.392 e. The maximum absolute atomic E-state index is 12.0. The molecular formula is C9H17F3O2Si. The Balaban J connectivity index is 4.40. The maximum Gasteiger partial charge on any atom is 0.410 e. The molecule has 0 bridgehead atoms. The van der Waals surface area contributed by atoms with E-state index in [0.717, 1.165) is 6.42 Å². The smallest absolute Gasteiger partial charge is 0.392 e. The Bertz CT molecular complexity index is 188. The molecule has 1 atom stereocenters. The Labute approximate surface area is 89.3 Å². The molecule has 0 aromatic carbocycles. The van der Waals surface area contributed by atoms with E-state index in [1.54, 1.807) is 6.92 Å². The minimum absolute atomic E-state index is 0.343. The van der Waals surface area contributed by atoms with Crippen molar-refractivity contribution in [3.63, 3.8) is 0 Å². The van der Waals surface area contributed by atoms with Gasteiger partial charge in [-0.25, -0.2) is 0 Å². The van der Waals surface area contributed by atoms with Crippen LogP contribution in [-0.4, -0.2) is 28.0 Å². The lowest BCUT2D eigenvalue weighted by molar-refractivity contribution is -0.158. The lowest BCUT2D eigenvalue weighted by Crippen LogP contribution is -2.42. The van der Waals surface area contributed by atoms with Crippen molar-refractivity contribution in [2.24, 2.45) is 0 Å². The van der Waals surface area contributed by atoms with Crippen molar-refractivity contribution in [1.29, 1.82) is 0 Å². The summed E-state index contributed by atoms with van der Waals surface area (Å²) in [5.74, 6) is 0. The van der Waals surface area contributed by atoms with E-state index < -0.39 is 21.3 Å². The van der Waals surface area contributed by atoms with E-state index in [9.17, 15) is 13.2 Å². The van der Waals surface area contributed by atoms with Crippen LogP contribution in [0.4, 0.5) is 13.2 Å². The normalized spacial score (nSPS) is 16.1. The Hall–Kier alpha value is -0.333. The molecule has 0 saturated heterocycles. The van der Waals surface area contributed by atoms with Gasteiger partial charge in [-0.2, -0.15) is 13.2 Å². The predicted octanol–water partition coefficient (Wildman–Crippen LogP) is 3.18. The summed E-state index contributed by atoms with van der Waals surface area (Å²) in [4.78, 5) is 0. The molecule has 1 unspecified atom stereocenters. The minimum atomic E-state index is -4.31. The van der Waals surface area contributed by atoms with Crippen LogP contribution in [-0.2, 0) is 8.85 Å². The second-order valence-electron chi connectivity index (χ2n) is 3.10. The van der Waals surface area contributed by atoms with E-state index in [-0.39, 0.29) is 0 Å². The topological polar surface area (TPSA) is 18.5 Å². The number of rotatable bonds is 7. The molecule has 90 valence electrons. The van der Waals surface area contributed by atoms with Crippen LogP contribution in [0, 0.1) is 0 Å². The van der Waals surface area contributed by atoms with E-state index in [1.165, 1.54) is 5.70 Å². The predicted molar refractivity (Wildman–Crippen MR) is 54.7 cm³/mol. The Morgan fingerprint density at radius 1 is 1.27 bits per heavy atom. The highest BCUT2D eigenvalue weighted by Crippen LogP contribution is 2.22. The van der Waals surface area contributed by atoms with Gasteiger partial charge in [-0.3, -0.25) is 0 Å². The van der Waals surface area contributed by atoms with Gasteiger partial charge in [-0.15, -0.1) is 6.58 Å². The van der Waals surface area contributed by atoms with Gasteiger partial charge in [-0.05, 0) is 18.7 Å². The zero-order valence-corrected chi connectivity index (χ0v) is 10.1. The molecule has 0 amide bonds. The van der Waals surface area contributed by atoms with Crippen molar-refractivity contribution in [3.8, 4) is 0 Å². The quantitative estimate of drug-likeness (QED) is 0.638. The van der Waals surface area contributed by atoms with E-state index >= 15 is 0 Å². The molecule has 0 saturated carbocycles. The molecule has 6 heteroatoms. The van der Waals surface area contributed by atoms with Crippen LogP contribution in [0.2, 0.25) is 6.04 Å². The average molecular weight is 242 g/mol. The molecule has 2 nitrogen and oxygen atoms in total. The van der Waals surface area contributed by atoms with Gasteiger partial charge in [0.1, 0.15) is 6.61 Å². The van der Waals surface area contributed by atoms with Gasteiger partial charge in [0.05, 0.1) is 0 Å². The molecular weight excluding hydrogens is 225 g/mol. The zero-order chi connectivity index (χ0) is 11.9. The van der Waals surface area contributed by atoms with Crippen molar-refractivity contribution in [3.05, 3.63) is 12.3 Å². The van der Waals surface area contributed by atoms with Gasteiger partial charge in [0, 0.05) is 6.61 Å². The third-order valence-corrected chi connectivity index (χ3v) is 5.01. The van der Waals surface area contributed by atoms with Gasteiger partial charge in [0.2, 0.25) is 0 Å². The molecule has 0 N–H and O–H groups in total. The first-order chi connectivity index (χ1) is 6.89. The molecule has 0 heterocycles. The molecule has 0 aromatic rings. The summed E-state index contributed by atoms with van der Waals surface area (Å²) in [7, 11) is -2.84. The van der Waals surface area contributed by atoms with Crippen LogP contribution < -0.4 is 0 Å². The van der Waals surface area contributed by atoms with Crippen LogP contribution in [0.25, 0.3) is 0 Å². The lowest BCUT2D eigenvalue weighted by Gasteiger charge is -2.27. The van der Waals surface area contributed by atoms with Crippen LogP contribution in [0.5, 0.6) is 0 Å². The Morgan fingerprint density at radius 3 is 2.20 bits per heavy atom. The van der Waals surface area contributed by atoms with E-state index in [2.05, 4.69) is 6.58 Å². The third-order valence-electron chi connectivity index (χ3n) is 1.78. The van der Waals surface area contributed by atoms with Gasteiger partial charge in [0.15, 0.2) is 0 Å². The second kappa shape index (κ2) is 6.29. The largest absolute Gasteiger partial charge is 0.410 e. The highest BCUT2D eigenvalue weighted by Gasteiger charge is 2.38. The molecule has 0 rings (SSSR count). The highest BCUT2D eigenvalue weighted by molar-refractivity contribution is 6.72. The molecule has 0 fully saturated rings. The maximum atomic E-state index is 12.0. The summed E-state index contributed by atoms with van der Waals surface area (Å²) in [6.45, 7) is 6.21. The standard InChI is InChI=1S/C9H17F3O2Si/c1-4-7-15(6-3,13-5-2)14-8-9(10,11)12/h6H,3-5,7-8H2,1-2H3. The fraction of sp³-hybridized carbons (Fsp3) is 0.778. The zero-order valence-electron chi connectivity index (χ0n) is 9.06. The van der Waals surface area contributed by atoms with Gasteiger partial charge < -0.3 is 8.85 Å². The molecule has 0 spiro atoms. The SMILES string of the molecule is C=C[Si](CCC)(OCC)OCC(F)(F)F. The first-order valence-electron chi connectivity index (χ1n) is 4.87. The monoisotopic (exact) mass is 242 g/mol. The van der Waals surface area contributed by atoms with Crippen molar-refractivity contribution in [1.82, 2.24) is 0 Å². The van der Waals surface area contributed by atoms with Crippen molar-refractivity contribution in [2.75, 3.05) is 13.2 Å². The summed E-state index contributed by atoms with van der Waals surface area (Å²) in [5, 5.41) is 0. The van der Waals surface area contributed by atoms with Crippen molar-refractivity contribution < 1.29 is 22.0 Å².